The molecular formula is C12H26N2O. The Morgan fingerprint density at radius 3 is 2.80 bits per heavy atom. The number of nitrogens with zero attached hydrogens (tertiary/aromatic N) is 1. The zero-order valence-corrected chi connectivity index (χ0v) is 10.5. The van der Waals surface area contributed by atoms with Crippen LogP contribution < -0.4 is 5.73 Å². The molecule has 3 heteroatoms. The summed E-state index contributed by atoms with van der Waals surface area (Å²) in [6, 6.07) is 0.568. The normalized spacial score (nSPS) is 27.6. The van der Waals surface area contributed by atoms with Gasteiger partial charge in [-0.2, -0.15) is 0 Å². The lowest BCUT2D eigenvalue weighted by atomic mass is 9.95. The first-order valence-electron chi connectivity index (χ1n) is 6.19. The number of nitrogens with two attached hydrogens (primary N) is 1. The molecule has 0 aromatic carbocycles. The van der Waals surface area contributed by atoms with Crippen LogP contribution in [0.2, 0.25) is 0 Å². The van der Waals surface area contributed by atoms with Crippen LogP contribution in [0.15, 0.2) is 0 Å². The monoisotopic (exact) mass is 214 g/mol. The largest absolute Gasteiger partial charge is 0.378 e. The van der Waals surface area contributed by atoms with Gasteiger partial charge in [-0.25, -0.2) is 0 Å². The Hall–Kier alpha value is -0.120. The van der Waals surface area contributed by atoms with Crippen molar-refractivity contribution in [2.45, 2.75) is 51.6 Å². The summed E-state index contributed by atoms with van der Waals surface area (Å²) in [6.45, 7) is 10.4. The molecule has 0 amide bonds. The highest BCUT2D eigenvalue weighted by Gasteiger charge is 2.27. The number of morpholine rings is 1. The van der Waals surface area contributed by atoms with Crippen LogP contribution in [0.3, 0.4) is 0 Å². The molecule has 1 saturated heterocycles. The summed E-state index contributed by atoms with van der Waals surface area (Å²) < 4.78 is 5.50. The van der Waals surface area contributed by atoms with E-state index in [0.29, 0.717) is 6.04 Å². The SMILES string of the molecule is CCCC(C)(N)CN1CCOCC1CC. The molecular weight excluding hydrogens is 188 g/mol. The second-order valence-corrected chi connectivity index (χ2v) is 5.01. The Bertz CT molecular complexity index is 182. The maximum absolute atomic E-state index is 6.29. The molecule has 1 heterocycles. The van der Waals surface area contributed by atoms with Crippen molar-refractivity contribution in [1.82, 2.24) is 4.90 Å². The van der Waals surface area contributed by atoms with E-state index in [9.17, 15) is 0 Å². The molecule has 1 aliphatic rings. The van der Waals surface area contributed by atoms with Gasteiger partial charge < -0.3 is 10.5 Å². The average Bonchev–Trinajstić information content (AvgIpc) is 2.17. The number of rotatable bonds is 5. The second kappa shape index (κ2) is 5.83. The van der Waals surface area contributed by atoms with Gasteiger partial charge in [0.15, 0.2) is 0 Å². The molecule has 0 saturated carbocycles. The van der Waals surface area contributed by atoms with Crippen LogP contribution in [-0.2, 0) is 4.74 Å². The summed E-state index contributed by atoms with van der Waals surface area (Å²) in [5, 5.41) is 0. The highest BCUT2D eigenvalue weighted by Crippen LogP contribution is 2.16. The predicted octanol–water partition coefficient (Wildman–Crippen LogP) is 1.61. The van der Waals surface area contributed by atoms with Crippen molar-refractivity contribution in [3.63, 3.8) is 0 Å². The van der Waals surface area contributed by atoms with Crippen molar-refractivity contribution in [1.29, 1.82) is 0 Å². The summed E-state index contributed by atoms with van der Waals surface area (Å²) in [5.74, 6) is 0. The zero-order valence-electron chi connectivity index (χ0n) is 10.5. The Labute approximate surface area is 94.0 Å². The van der Waals surface area contributed by atoms with Gasteiger partial charge in [0, 0.05) is 24.7 Å². The van der Waals surface area contributed by atoms with Gasteiger partial charge in [-0.1, -0.05) is 20.3 Å². The van der Waals surface area contributed by atoms with Crippen molar-refractivity contribution >= 4 is 0 Å². The zero-order chi connectivity index (χ0) is 11.3. The summed E-state index contributed by atoms with van der Waals surface area (Å²) in [6.07, 6.45) is 3.41. The maximum atomic E-state index is 6.29. The van der Waals surface area contributed by atoms with E-state index >= 15 is 0 Å². The average molecular weight is 214 g/mol. The number of hydrogen-bond acceptors (Lipinski definition) is 3. The van der Waals surface area contributed by atoms with Gasteiger partial charge in [-0.05, 0) is 19.8 Å². The van der Waals surface area contributed by atoms with E-state index in [1.807, 2.05) is 0 Å². The minimum absolute atomic E-state index is 0.0422. The minimum Gasteiger partial charge on any atom is -0.378 e. The van der Waals surface area contributed by atoms with Crippen LogP contribution >= 0.6 is 0 Å². The van der Waals surface area contributed by atoms with Crippen molar-refractivity contribution in [2.24, 2.45) is 5.73 Å². The quantitative estimate of drug-likeness (QED) is 0.755. The summed E-state index contributed by atoms with van der Waals surface area (Å²) in [4.78, 5) is 2.50. The van der Waals surface area contributed by atoms with Gasteiger partial charge in [-0.3, -0.25) is 4.90 Å². The van der Waals surface area contributed by atoms with E-state index < -0.39 is 0 Å². The summed E-state index contributed by atoms with van der Waals surface area (Å²) >= 11 is 0. The fourth-order valence-corrected chi connectivity index (χ4v) is 2.39. The number of hydrogen-bond donors (Lipinski definition) is 1. The van der Waals surface area contributed by atoms with E-state index in [1.54, 1.807) is 0 Å². The lowest BCUT2D eigenvalue weighted by Gasteiger charge is -2.40. The number of ether oxygens (including phenoxy) is 1. The summed E-state index contributed by atoms with van der Waals surface area (Å²) in [7, 11) is 0. The molecule has 2 unspecified atom stereocenters. The molecule has 1 aliphatic heterocycles. The molecule has 2 atom stereocenters. The van der Waals surface area contributed by atoms with Crippen molar-refractivity contribution in [3.8, 4) is 0 Å². The van der Waals surface area contributed by atoms with Crippen molar-refractivity contribution in [3.05, 3.63) is 0 Å². The molecule has 0 spiro atoms. The van der Waals surface area contributed by atoms with Gasteiger partial charge in [-0.15, -0.1) is 0 Å². The smallest absolute Gasteiger partial charge is 0.0622 e. The van der Waals surface area contributed by atoms with Gasteiger partial charge >= 0.3 is 0 Å². The highest BCUT2D eigenvalue weighted by molar-refractivity contribution is 4.86. The Morgan fingerprint density at radius 1 is 1.47 bits per heavy atom. The second-order valence-electron chi connectivity index (χ2n) is 5.01. The van der Waals surface area contributed by atoms with E-state index in [1.165, 1.54) is 0 Å². The van der Waals surface area contributed by atoms with Crippen LogP contribution in [-0.4, -0.2) is 42.8 Å². The van der Waals surface area contributed by atoms with Crippen molar-refractivity contribution < 1.29 is 4.74 Å². The van der Waals surface area contributed by atoms with E-state index in [4.69, 9.17) is 10.5 Å². The van der Waals surface area contributed by atoms with Crippen LogP contribution in [0.4, 0.5) is 0 Å². The molecule has 0 bridgehead atoms. The molecule has 0 aromatic rings. The highest BCUT2D eigenvalue weighted by atomic mass is 16.5. The Kier molecular flexibility index (Phi) is 5.03. The Morgan fingerprint density at radius 2 is 2.20 bits per heavy atom. The first-order chi connectivity index (χ1) is 7.09. The Balaban J connectivity index is 2.46. The standard InChI is InChI=1S/C12H26N2O/c1-4-6-12(3,13)10-14-7-8-15-9-11(14)5-2/h11H,4-10,13H2,1-3H3. The fourth-order valence-electron chi connectivity index (χ4n) is 2.39. The molecule has 90 valence electrons. The van der Waals surface area contributed by atoms with E-state index in [2.05, 4.69) is 25.7 Å². The molecule has 1 rings (SSSR count). The predicted molar refractivity (Wildman–Crippen MR) is 64.0 cm³/mol. The third-order valence-corrected chi connectivity index (χ3v) is 3.21. The third-order valence-electron chi connectivity index (χ3n) is 3.21. The molecule has 0 radical (unpaired) electrons. The van der Waals surface area contributed by atoms with Crippen LogP contribution in [0.1, 0.15) is 40.0 Å². The molecule has 1 fully saturated rings. The van der Waals surface area contributed by atoms with Crippen LogP contribution in [0.5, 0.6) is 0 Å². The molecule has 2 N–H and O–H groups in total. The lowest BCUT2D eigenvalue weighted by molar-refractivity contribution is -0.0175. The van der Waals surface area contributed by atoms with Crippen LogP contribution in [0.25, 0.3) is 0 Å². The minimum atomic E-state index is -0.0422. The molecule has 3 nitrogen and oxygen atoms in total. The molecule has 0 aliphatic carbocycles. The first-order valence-corrected chi connectivity index (χ1v) is 6.19. The fraction of sp³-hybridized carbons (Fsp3) is 1.00. The van der Waals surface area contributed by atoms with Crippen LogP contribution in [0, 0.1) is 0 Å². The van der Waals surface area contributed by atoms with Gasteiger partial charge in [0.1, 0.15) is 0 Å². The van der Waals surface area contributed by atoms with E-state index in [-0.39, 0.29) is 5.54 Å². The van der Waals surface area contributed by atoms with Crippen molar-refractivity contribution in [2.75, 3.05) is 26.3 Å². The lowest BCUT2D eigenvalue weighted by Crippen LogP contribution is -2.54. The maximum Gasteiger partial charge on any atom is 0.0622 e. The van der Waals surface area contributed by atoms with Gasteiger partial charge in [0.05, 0.1) is 13.2 Å². The third kappa shape index (κ3) is 4.09. The topological polar surface area (TPSA) is 38.5 Å². The molecule has 15 heavy (non-hydrogen) atoms. The van der Waals surface area contributed by atoms with E-state index in [0.717, 1.165) is 45.6 Å². The van der Waals surface area contributed by atoms with Gasteiger partial charge in [0.2, 0.25) is 0 Å². The first kappa shape index (κ1) is 12.9. The van der Waals surface area contributed by atoms with Gasteiger partial charge in [0.25, 0.3) is 0 Å². The molecule has 0 aromatic heterocycles. The summed E-state index contributed by atoms with van der Waals surface area (Å²) in [5.41, 5.74) is 6.25.